The van der Waals surface area contributed by atoms with Gasteiger partial charge < -0.3 is 10.1 Å². The molecule has 1 aromatic carbocycles. The van der Waals surface area contributed by atoms with Crippen molar-refractivity contribution >= 4 is 27.3 Å². The molecule has 2 aliphatic rings. The van der Waals surface area contributed by atoms with Gasteiger partial charge in [-0.1, -0.05) is 0 Å². The molecule has 1 N–H and O–H groups in total. The number of rotatable bonds is 5. The molecule has 0 unspecified atom stereocenters. The van der Waals surface area contributed by atoms with Crippen molar-refractivity contribution in [2.24, 2.45) is 0 Å². The zero-order chi connectivity index (χ0) is 25.3. The second kappa shape index (κ2) is 9.69. The Balaban J connectivity index is 1.40. The number of nitrogens with zero attached hydrogens (tertiary/aromatic N) is 5. The fraction of sp³-hybridized carbons (Fsp3) is 0.435. The maximum atomic E-state index is 13.7. The molecule has 3 aromatic rings. The Hall–Kier alpha value is -3.19. The number of ether oxygens (including phenoxy) is 1. The largest absolute Gasteiger partial charge is 0.419 e. The quantitative estimate of drug-likeness (QED) is 0.530. The highest BCUT2D eigenvalue weighted by molar-refractivity contribution is 7.92. The molecule has 192 valence electrons. The Morgan fingerprint density at radius 3 is 2.50 bits per heavy atom. The van der Waals surface area contributed by atoms with Crippen LogP contribution in [0, 0.1) is 0 Å². The van der Waals surface area contributed by atoms with Gasteiger partial charge in [0.2, 0.25) is 16.0 Å². The smallest absolute Gasteiger partial charge is 0.381 e. The van der Waals surface area contributed by atoms with Crippen LogP contribution in [0.1, 0.15) is 37.3 Å². The number of aromatic nitrogens is 4. The first kappa shape index (κ1) is 24.5. The van der Waals surface area contributed by atoms with Crippen LogP contribution < -0.4 is 9.62 Å². The molecule has 0 amide bonds. The van der Waals surface area contributed by atoms with Crippen molar-refractivity contribution in [1.82, 2.24) is 19.7 Å². The van der Waals surface area contributed by atoms with E-state index >= 15 is 0 Å². The van der Waals surface area contributed by atoms with E-state index in [0.717, 1.165) is 25.5 Å². The molecular formula is C23H25F3N6O3S. The molecule has 0 aliphatic carbocycles. The van der Waals surface area contributed by atoms with E-state index in [9.17, 15) is 21.6 Å². The minimum Gasteiger partial charge on any atom is -0.381 e. The molecule has 2 aromatic heterocycles. The summed E-state index contributed by atoms with van der Waals surface area (Å²) in [4.78, 5) is 8.04. The highest BCUT2D eigenvalue weighted by atomic mass is 32.2. The molecular weight excluding hydrogens is 497 g/mol. The molecule has 13 heteroatoms. The van der Waals surface area contributed by atoms with E-state index in [2.05, 4.69) is 20.4 Å². The number of benzene rings is 1. The molecule has 0 spiro atoms. The average Bonchev–Trinajstić information content (AvgIpc) is 3.35. The lowest BCUT2D eigenvalue weighted by atomic mass is 10.1. The van der Waals surface area contributed by atoms with Crippen LogP contribution in [0.4, 0.5) is 30.5 Å². The highest BCUT2D eigenvalue weighted by Gasteiger charge is 2.36. The molecule has 0 radical (unpaired) electrons. The van der Waals surface area contributed by atoms with Crippen molar-refractivity contribution in [2.75, 3.05) is 35.1 Å². The van der Waals surface area contributed by atoms with Gasteiger partial charge >= 0.3 is 6.18 Å². The minimum atomic E-state index is -4.64. The standard InChI is InChI=1S/C23H25F3N6O3S/c24-23(25,26)20-14-27-22(30-21(20)16-13-28-31(15-16)18-7-10-35-11-8-18)29-17-3-5-19(6-4-17)32-9-1-2-12-36(32,33)34/h3-6,13-15,18H,1-2,7-12H2,(H,27,29,30). The van der Waals surface area contributed by atoms with Crippen LogP contribution in [0.2, 0.25) is 0 Å². The van der Waals surface area contributed by atoms with Gasteiger partial charge in [0, 0.05) is 43.4 Å². The zero-order valence-electron chi connectivity index (χ0n) is 19.3. The van der Waals surface area contributed by atoms with E-state index in [-0.39, 0.29) is 29.0 Å². The van der Waals surface area contributed by atoms with Crippen LogP contribution in [-0.4, -0.2) is 53.7 Å². The predicted octanol–water partition coefficient (Wildman–Crippen LogP) is 4.38. The molecule has 4 heterocycles. The molecule has 0 atom stereocenters. The van der Waals surface area contributed by atoms with Gasteiger partial charge in [0.05, 0.1) is 29.4 Å². The van der Waals surface area contributed by atoms with Gasteiger partial charge in [0.1, 0.15) is 5.56 Å². The summed E-state index contributed by atoms with van der Waals surface area (Å²) in [7, 11) is -3.34. The summed E-state index contributed by atoms with van der Waals surface area (Å²) in [5.74, 6) is 0.0930. The lowest BCUT2D eigenvalue weighted by molar-refractivity contribution is -0.137. The number of nitrogens with one attached hydrogen (secondary N) is 1. The number of halogens is 3. The van der Waals surface area contributed by atoms with Crippen molar-refractivity contribution in [2.45, 2.75) is 37.9 Å². The number of anilines is 3. The van der Waals surface area contributed by atoms with Gasteiger partial charge in [0.15, 0.2) is 0 Å². The van der Waals surface area contributed by atoms with Crippen LogP contribution in [0.15, 0.2) is 42.9 Å². The number of hydrogen-bond donors (Lipinski definition) is 1. The summed E-state index contributed by atoms with van der Waals surface area (Å²) in [5, 5.41) is 7.19. The van der Waals surface area contributed by atoms with Crippen LogP contribution in [-0.2, 0) is 20.9 Å². The summed E-state index contributed by atoms with van der Waals surface area (Å²) in [6, 6.07) is 6.64. The Morgan fingerprint density at radius 1 is 1.06 bits per heavy atom. The van der Waals surface area contributed by atoms with Crippen molar-refractivity contribution in [1.29, 1.82) is 0 Å². The number of hydrogen-bond acceptors (Lipinski definition) is 7. The van der Waals surface area contributed by atoms with E-state index in [1.54, 1.807) is 35.1 Å². The van der Waals surface area contributed by atoms with Gasteiger partial charge in [-0.2, -0.15) is 18.3 Å². The van der Waals surface area contributed by atoms with Gasteiger partial charge in [-0.05, 0) is 49.9 Å². The lowest BCUT2D eigenvalue weighted by Crippen LogP contribution is -2.37. The van der Waals surface area contributed by atoms with Crippen LogP contribution in [0.5, 0.6) is 0 Å². The third-order valence-electron chi connectivity index (χ3n) is 6.29. The third kappa shape index (κ3) is 5.16. The van der Waals surface area contributed by atoms with E-state index < -0.39 is 21.8 Å². The monoisotopic (exact) mass is 522 g/mol. The molecule has 2 aliphatic heterocycles. The second-order valence-electron chi connectivity index (χ2n) is 8.77. The maximum absolute atomic E-state index is 13.7. The molecule has 0 saturated carbocycles. The van der Waals surface area contributed by atoms with Crippen LogP contribution >= 0.6 is 0 Å². The Kier molecular flexibility index (Phi) is 6.60. The first-order valence-electron chi connectivity index (χ1n) is 11.6. The van der Waals surface area contributed by atoms with Crippen molar-refractivity contribution < 1.29 is 26.3 Å². The van der Waals surface area contributed by atoms with Gasteiger partial charge in [-0.3, -0.25) is 8.99 Å². The first-order chi connectivity index (χ1) is 17.2. The summed E-state index contributed by atoms with van der Waals surface area (Å²) < 4.78 is 74.3. The van der Waals surface area contributed by atoms with E-state index in [1.165, 1.54) is 10.5 Å². The molecule has 0 bridgehead atoms. The molecule has 5 rings (SSSR count). The molecule has 9 nitrogen and oxygen atoms in total. The van der Waals surface area contributed by atoms with Crippen LogP contribution in [0.3, 0.4) is 0 Å². The van der Waals surface area contributed by atoms with Gasteiger partial charge in [0.25, 0.3) is 0 Å². The van der Waals surface area contributed by atoms with Gasteiger partial charge in [-0.25, -0.2) is 18.4 Å². The van der Waals surface area contributed by atoms with E-state index in [1.807, 2.05) is 0 Å². The highest BCUT2D eigenvalue weighted by Crippen LogP contribution is 2.37. The average molecular weight is 523 g/mol. The van der Waals surface area contributed by atoms with Crippen LogP contribution in [0.25, 0.3) is 11.3 Å². The molecule has 2 saturated heterocycles. The topological polar surface area (TPSA) is 102 Å². The zero-order valence-corrected chi connectivity index (χ0v) is 20.1. The predicted molar refractivity (Wildman–Crippen MR) is 127 cm³/mol. The van der Waals surface area contributed by atoms with E-state index in [0.29, 0.717) is 37.6 Å². The Morgan fingerprint density at radius 2 is 1.81 bits per heavy atom. The Labute approximate surface area is 206 Å². The SMILES string of the molecule is O=S1(=O)CCCCN1c1ccc(Nc2ncc(C(F)(F)F)c(-c3cnn(C4CCOCC4)c3)n2)cc1. The number of sulfonamides is 1. The summed E-state index contributed by atoms with van der Waals surface area (Å²) >= 11 is 0. The number of alkyl halides is 3. The summed E-state index contributed by atoms with van der Waals surface area (Å²) in [6.07, 6.45) is 1.96. The molecule has 2 fully saturated rings. The lowest BCUT2D eigenvalue weighted by Gasteiger charge is -2.28. The second-order valence-corrected chi connectivity index (χ2v) is 10.8. The summed E-state index contributed by atoms with van der Waals surface area (Å²) in [5.41, 5.74) is 0.0658. The normalized spacial score (nSPS) is 18.8. The minimum absolute atomic E-state index is 0.0184. The van der Waals surface area contributed by atoms with Crippen molar-refractivity contribution in [3.63, 3.8) is 0 Å². The van der Waals surface area contributed by atoms with Gasteiger partial charge in [-0.15, -0.1) is 0 Å². The maximum Gasteiger partial charge on any atom is 0.419 e. The van der Waals surface area contributed by atoms with E-state index in [4.69, 9.17) is 4.74 Å². The Bertz CT molecular complexity index is 1320. The van der Waals surface area contributed by atoms with Crippen molar-refractivity contribution in [3.05, 3.63) is 48.4 Å². The molecule has 36 heavy (non-hydrogen) atoms. The third-order valence-corrected chi connectivity index (χ3v) is 8.16. The summed E-state index contributed by atoms with van der Waals surface area (Å²) in [6.45, 7) is 1.58. The fourth-order valence-corrected chi connectivity index (χ4v) is 6.04. The first-order valence-corrected chi connectivity index (χ1v) is 13.3. The van der Waals surface area contributed by atoms with Crippen molar-refractivity contribution in [3.8, 4) is 11.3 Å². The fourth-order valence-electron chi connectivity index (χ4n) is 4.40.